The van der Waals surface area contributed by atoms with Crippen LogP contribution in [0.3, 0.4) is 0 Å². The van der Waals surface area contributed by atoms with Gasteiger partial charge in [-0.25, -0.2) is 4.39 Å². The quantitative estimate of drug-likeness (QED) is 0.0594. The monoisotopic (exact) mass is 1430 g/mol. The molecule has 0 aliphatic carbocycles. The number of likely N-dealkylation sites (tertiary alicyclic amines) is 1. The Labute approximate surface area is 626 Å². The predicted octanol–water partition coefficient (Wildman–Crippen LogP) is 28.1. The van der Waals surface area contributed by atoms with Crippen LogP contribution in [0.4, 0.5) is 10.1 Å². The van der Waals surface area contributed by atoms with Crippen LogP contribution in [0.25, 0.3) is 0 Å². The highest BCUT2D eigenvalue weighted by Gasteiger charge is 2.25. The summed E-state index contributed by atoms with van der Waals surface area (Å²) in [4.78, 5) is 17.4. The molecule has 8 rings (SSSR count). The van der Waals surface area contributed by atoms with Crippen molar-refractivity contribution in [3.63, 3.8) is 0 Å². The summed E-state index contributed by atoms with van der Waals surface area (Å²) in [6.07, 6.45) is 8.15. The molecule has 556 valence electrons. The zero-order valence-electron chi connectivity index (χ0n) is 67.7. The van der Waals surface area contributed by atoms with Gasteiger partial charge in [-0.2, -0.15) is 0 Å². The highest BCUT2D eigenvalue weighted by molar-refractivity contribution is 7.98. The third-order valence-corrected chi connectivity index (χ3v) is 19.8. The average Bonchev–Trinajstić information content (AvgIpc) is 0.845. The highest BCUT2D eigenvalue weighted by atomic mass is 35.5. The minimum absolute atomic E-state index is 0.164. The van der Waals surface area contributed by atoms with Gasteiger partial charge < -0.3 is 19.3 Å². The van der Waals surface area contributed by atoms with E-state index in [0.29, 0.717) is 59.0 Å². The molecule has 1 saturated heterocycles. The minimum Gasteiger partial charge on any atom is -0.469 e. The van der Waals surface area contributed by atoms with Crippen molar-refractivity contribution in [2.45, 2.75) is 268 Å². The summed E-state index contributed by atoms with van der Waals surface area (Å²) in [7, 11) is 5.55. The number of halogens is 3. The molecule has 1 heterocycles. The summed E-state index contributed by atoms with van der Waals surface area (Å²) in [6.45, 7) is 55.7. The van der Waals surface area contributed by atoms with Gasteiger partial charge >= 0.3 is 5.97 Å². The largest absolute Gasteiger partial charge is 0.469 e. The zero-order chi connectivity index (χ0) is 76.0. The molecular formula is C91H137Cl2FN2O3S. The summed E-state index contributed by atoms with van der Waals surface area (Å²) in [5.41, 5.74) is 15.8. The van der Waals surface area contributed by atoms with E-state index in [1.165, 1.54) is 121 Å². The molecule has 7 aromatic rings. The number of esters is 1. The molecule has 0 amide bonds. The molecule has 1 aliphatic heterocycles. The molecule has 1 atom stereocenters. The number of carbonyl (C=O) groups excluding carboxylic acids is 1. The first-order valence-electron chi connectivity index (χ1n) is 37.1. The number of thioether (sulfide) groups is 1. The predicted molar refractivity (Wildman–Crippen MR) is 443 cm³/mol. The first-order valence-corrected chi connectivity index (χ1v) is 39.1. The maximum atomic E-state index is 12.5. The van der Waals surface area contributed by atoms with Crippen molar-refractivity contribution >= 4 is 46.6 Å². The Morgan fingerprint density at radius 1 is 0.510 bits per heavy atom. The third kappa shape index (κ3) is 37.6. The molecule has 1 unspecified atom stereocenters. The lowest BCUT2D eigenvalue weighted by Gasteiger charge is -2.26. The smallest absolute Gasteiger partial charge is 0.306 e. The van der Waals surface area contributed by atoms with E-state index in [4.69, 9.17) is 32.7 Å². The van der Waals surface area contributed by atoms with Crippen LogP contribution in [0.2, 0.25) is 10.0 Å². The van der Waals surface area contributed by atoms with Gasteiger partial charge in [0.1, 0.15) is 5.75 Å². The van der Waals surface area contributed by atoms with E-state index in [1.54, 1.807) is 17.8 Å². The van der Waals surface area contributed by atoms with Gasteiger partial charge in [0.05, 0.1) is 13.5 Å². The van der Waals surface area contributed by atoms with Crippen LogP contribution in [0, 0.1) is 19.8 Å². The number of aryl methyl sites for hydroxylation is 2. The van der Waals surface area contributed by atoms with Gasteiger partial charge in [-0.1, -0.05) is 284 Å². The van der Waals surface area contributed by atoms with Crippen LogP contribution in [0.5, 0.6) is 5.75 Å². The first-order chi connectivity index (χ1) is 46.8. The third-order valence-electron chi connectivity index (χ3n) is 18.2. The Balaban J connectivity index is 0.000000574. The molecule has 1 fully saturated rings. The summed E-state index contributed by atoms with van der Waals surface area (Å²) < 4.78 is 22.2. The molecule has 1 aliphatic rings. The maximum Gasteiger partial charge on any atom is 0.306 e. The fraction of sp³-hybridized carbons (Fsp3) is 0.527. The van der Waals surface area contributed by atoms with Crippen molar-refractivity contribution in [1.82, 2.24) is 4.90 Å². The molecule has 0 aromatic heterocycles. The molecule has 9 heteroatoms. The summed E-state index contributed by atoms with van der Waals surface area (Å²) >= 11 is 13.6. The van der Waals surface area contributed by atoms with Crippen LogP contribution in [0.1, 0.15) is 293 Å². The van der Waals surface area contributed by atoms with Gasteiger partial charge in [0.25, 0.3) is 0 Å². The average molecular weight is 1430 g/mol. The number of anilines is 1. The second-order valence-electron chi connectivity index (χ2n) is 30.8. The number of hydrogen-bond donors (Lipinski definition) is 0. The van der Waals surface area contributed by atoms with Crippen LogP contribution in [-0.4, -0.2) is 64.3 Å². The highest BCUT2D eigenvalue weighted by Crippen LogP contribution is 2.31. The van der Waals surface area contributed by atoms with Crippen molar-refractivity contribution in [2.24, 2.45) is 5.92 Å². The van der Waals surface area contributed by atoms with Crippen molar-refractivity contribution in [3.8, 4) is 5.75 Å². The molecule has 0 saturated carbocycles. The van der Waals surface area contributed by atoms with E-state index in [9.17, 15) is 9.18 Å². The second-order valence-corrected chi connectivity index (χ2v) is 32.5. The van der Waals surface area contributed by atoms with Gasteiger partial charge in [0.15, 0.2) is 0 Å². The number of carbonyl (C=O) groups is 1. The summed E-state index contributed by atoms with van der Waals surface area (Å²) in [5, 5.41) is 1.71. The molecule has 0 radical (unpaired) electrons. The Kier molecular flexibility index (Phi) is 44.7. The van der Waals surface area contributed by atoms with Crippen LogP contribution in [0.15, 0.2) is 163 Å². The topological polar surface area (TPSA) is 42.0 Å². The molecule has 0 spiro atoms. The van der Waals surface area contributed by atoms with Gasteiger partial charge in [0.2, 0.25) is 6.36 Å². The molecule has 5 nitrogen and oxygen atoms in total. The lowest BCUT2D eigenvalue weighted by atomic mass is 9.81. The Morgan fingerprint density at radius 2 is 0.880 bits per heavy atom. The van der Waals surface area contributed by atoms with Gasteiger partial charge in [0, 0.05) is 47.1 Å². The molecule has 7 aromatic carbocycles. The van der Waals surface area contributed by atoms with Gasteiger partial charge in [-0.3, -0.25) is 4.79 Å². The number of benzene rings is 7. The van der Waals surface area contributed by atoms with Crippen LogP contribution < -0.4 is 9.64 Å². The minimum atomic E-state index is -1.25. The van der Waals surface area contributed by atoms with E-state index in [1.807, 2.05) is 44.2 Å². The lowest BCUT2D eigenvalue weighted by molar-refractivity contribution is -0.141. The van der Waals surface area contributed by atoms with Crippen molar-refractivity contribution in [3.05, 3.63) is 229 Å². The zero-order valence-corrected chi connectivity index (χ0v) is 70.1. The lowest BCUT2D eigenvalue weighted by Crippen LogP contribution is -2.31. The van der Waals surface area contributed by atoms with Crippen LogP contribution >= 0.6 is 35.0 Å². The fourth-order valence-corrected chi connectivity index (χ4v) is 11.1. The molecular weight excluding hydrogens is 1290 g/mol. The van der Waals surface area contributed by atoms with E-state index in [0.717, 1.165) is 32.7 Å². The first kappa shape index (κ1) is 92.4. The van der Waals surface area contributed by atoms with Gasteiger partial charge in [-0.05, 0) is 228 Å². The summed E-state index contributed by atoms with van der Waals surface area (Å²) in [5.74, 6) is 5.36. The molecule has 0 bridgehead atoms. The van der Waals surface area contributed by atoms with Crippen molar-refractivity contribution in [1.29, 1.82) is 0 Å². The Morgan fingerprint density at radius 3 is 1.23 bits per heavy atom. The second kappa shape index (κ2) is 48.4. The Hall–Kier alpha value is -5.57. The van der Waals surface area contributed by atoms with Gasteiger partial charge in [-0.15, -0.1) is 11.8 Å². The number of nitrogens with zero attached hydrogens (tertiary/aromatic N) is 2. The molecule has 0 N–H and O–H groups in total. The van der Waals surface area contributed by atoms with E-state index < -0.39 is 6.36 Å². The van der Waals surface area contributed by atoms with E-state index in [2.05, 4.69) is 297 Å². The maximum absolute atomic E-state index is 12.5. The number of alkyl halides is 1. The summed E-state index contributed by atoms with van der Waals surface area (Å²) in [6, 6.07) is 54.9. The number of methoxy groups -OCH3 is 1. The van der Waals surface area contributed by atoms with Crippen LogP contribution in [-0.2, 0) is 20.4 Å². The van der Waals surface area contributed by atoms with Crippen molar-refractivity contribution in [2.75, 3.05) is 52.0 Å². The number of ether oxygens (including phenoxy) is 2. The SMILES string of the molecule is CC(C)CCN1CCCCC1.CC(C)c1ccc(N(C)C)cc1.CC(F)Oc1cccc(C(C)C)c1.CCC(C)(C)c1ccc(C(C)C)cc1.COC(=O)CC(C)(C)c1ccc(C(C)C)cc1.CSc1cccc(C(C)C)c1.Cc1cc(C(C)C)ccc1Cl.Cc1cc(C(C)C)ccc1Cl. The standard InChI is InChI=1S/C15H22O2.C14H22.C11H15FO.C11H17N.2C10H13Cl.C10H21N.C10H14S/c1-11(2)12-6-8-13(9-7-12)15(3,4)10-14(16)17-5;1-6-14(4,5)13-9-7-12(8-10-13)11(2)3;1-8(2)10-5-4-6-11(7-10)13-9(3)12;1-9(2)10-5-7-11(8-6-10)12(3)4;2*1-7(2)9-4-5-10(11)8(3)6-9;1-10(2)6-9-11-7-4-3-5-8-11;1-8(2)9-5-4-6-10(7-9)11-3/h6-9,11H,10H2,1-5H3;7-11H,6H2,1-5H3;4-9H,1-3H3;5-9H,1-4H3;2*4-7H,1-3H3;10H,3-9H2,1-2H3;4-8H,1-3H3. The van der Waals surface area contributed by atoms with Crippen molar-refractivity contribution < 1.29 is 18.7 Å². The van der Waals surface area contributed by atoms with E-state index >= 15 is 0 Å². The van der Waals surface area contributed by atoms with E-state index in [-0.39, 0.29) is 11.4 Å². The fourth-order valence-electron chi connectivity index (χ4n) is 10.3. The number of rotatable bonds is 19. The Bertz CT molecular complexity index is 3220. The normalized spacial score (nSPS) is 12.4. The number of hydrogen-bond acceptors (Lipinski definition) is 6. The molecule has 100 heavy (non-hydrogen) atoms. The number of piperidine rings is 1.